The fourth-order valence-corrected chi connectivity index (χ4v) is 15.0. The second kappa shape index (κ2) is 21.5. The van der Waals surface area contributed by atoms with Gasteiger partial charge in [0.2, 0.25) is 0 Å². The van der Waals surface area contributed by atoms with Crippen LogP contribution in [0.1, 0.15) is 240 Å². The fraction of sp³-hybridized carbons (Fsp3) is 0.636. The summed E-state index contributed by atoms with van der Waals surface area (Å²) in [6, 6.07) is 8.41. The van der Waals surface area contributed by atoms with Gasteiger partial charge in [0.05, 0.1) is 72.9 Å². The highest BCUT2D eigenvalue weighted by molar-refractivity contribution is 5.91. The normalized spacial score (nSPS) is 30.3. The third-order valence-electron chi connectivity index (χ3n) is 20.0. The van der Waals surface area contributed by atoms with Gasteiger partial charge in [-0.1, -0.05) is 145 Å². The summed E-state index contributed by atoms with van der Waals surface area (Å²) in [7, 11) is 0. The van der Waals surface area contributed by atoms with Crippen molar-refractivity contribution in [2.24, 2.45) is 45.3 Å². The number of carbonyl (C=O) groups excluding carboxylic acids is 4. The van der Waals surface area contributed by atoms with Gasteiger partial charge in [-0.25, -0.2) is 9.97 Å². The van der Waals surface area contributed by atoms with Gasteiger partial charge >= 0.3 is 23.9 Å². The molecular weight excluding hydrogens is 977 g/mol. The molecule has 2 N–H and O–H groups in total. The summed E-state index contributed by atoms with van der Waals surface area (Å²) < 4.78 is 24.5. The lowest BCUT2D eigenvalue weighted by atomic mass is 10.0. The number of hydrogen-bond acceptors (Lipinski definition) is 10. The number of rotatable bonds is 0. The first kappa shape index (κ1) is 54.4. The summed E-state index contributed by atoms with van der Waals surface area (Å²) in [5, 5.41) is 0. The van der Waals surface area contributed by atoms with Gasteiger partial charge in [-0.3, -0.25) is 19.2 Å². The molecule has 0 saturated heterocycles. The van der Waals surface area contributed by atoms with E-state index in [0.717, 1.165) is 170 Å². The average Bonchev–Trinajstić information content (AvgIpc) is 4.25. The molecule has 4 aliphatic carbocycles. The molecule has 12 heteroatoms. The van der Waals surface area contributed by atoms with Crippen molar-refractivity contribution in [2.45, 2.75) is 195 Å². The first-order valence-electron chi connectivity index (χ1n) is 30.3. The third kappa shape index (κ3) is 10.2. The highest BCUT2D eigenvalue weighted by Gasteiger charge is 2.68. The predicted octanol–water partition coefficient (Wildman–Crippen LogP) is 14.8. The van der Waals surface area contributed by atoms with Crippen LogP contribution in [0, 0.1) is 45.3 Å². The highest BCUT2D eigenvalue weighted by Crippen LogP contribution is 2.70. The number of cyclic esters (lactones) is 4. The summed E-state index contributed by atoms with van der Waals surface area (Å²) in [6.07, 6.45) is 27.1. The van der Waals surface area contributed by atoms with Gasteiger partial charge in [0.15, 0.2) is 0 Å². The largest absolute Gasteiger partial charge is 0.465 e. The number of esters is 4. The van der Waals surface area contributed by atoms with E-state index in [1.165, 1.54) is 12.8 Å². The first-order chi connectivity index (χ1) is 37.5. The Kier molecular flexibility index (Phi) is 15.0. The van der Waals surface area contributed by atoms with Crippen LogP contribution in [0.2, 0.25) is 0 Å². The van der Waals surface area contributed by atoms with Crippen molar-refractivity contribution >= 4 is 70.2 Å². The van der Waals surface area contributed by atoms with Crippen LogP contribution in [0.15, 0.2) is 24.3 Å². The number of aromatic nitrogens is 4. The molecule has 3 aromatic rings. The Bertz CT molecular complexity index is 2670. The lowest BCUT2D eigenvalue weighted by Crippen LogP contribution is -2.12. The molecule has 12 bridgehead atoms. The SMILES string of the molecule is CC1(C)C2c3c4nc(c(c5ccc([nH]5)c5c6nc(c(c7ccc3[nH]7)C3[C@@H](C(=O)OCCCCCCCCCCCOC(=O)[C@@H]7C5C7(C)C)C3(C)C)C=C6)C3[C@@H](C(=O)OCCCCCCCCCCCOC(=O)[C@H]21)C3(C)C)C=C4. The lowest BCUT2D eigenvalue weighted by Gasteiger charge is -2.08. The summed E-state index contributed by atoms with van der Waals surface area (Å²) in [6.45, 7) is 18.9. The van der Waals surface area contributed by atoms with E-state index in [-0.39, 0.29) is 47.5 Å². The number of carbonyl (C=O) groups is 4. The number of nitrogens with zero attached hydrogens (tertiary/aromatic N) is 2. The Balaban J connectivity index is 1.13. The third-order valence-corrected chi connectivity index (χ3v) is 20.0. The number of fused-ring (bicyclic) bond motifs is 16. The van der Waals surface area contributed by atoms with E-state index in [1.54, 1.807) is 0 Å². The molecule has 8 aliphatic rings. The van der Waals surface area contributed by atoms with Crippen molar-refractivity contribution in [3.63, 3.8) is 0 Å². The Labute approximate surface area is 462 Å². The molecule has 418 valence electrons. The van der Waals surface area contributed by atoms with Crippen molar-refractivity contribution in [2.75, 3.05) is 26.4 Å². The first-order valence-corrected chi connectivity index (χ1v) is 30.3. The molecule has 0 amide bonds. The zero-order valence-corrected chi connectivity index (χ0v) is 48.0. The van der Waals surface area contributed by atoms with Gasteiger partial charge < -0.3 is 28.9 Å². The monoisotopic (exact) mass is 1060 g/mol. The Hall–Kier alpha value is -5.52. The van der Waals surface area contributed by atoms with E-state index in [0.29, 0.717) is 26.4 Å². The Morgan fingerprint density at radius 3 is 0.718 bits per heavy atom. The van der Waals surface area contributed by atoms with Crippen LogP contribution in [0.4, 0.5) is 0 Å². The van der Waals surface area contributed by atoms with Gasteiger partial charge in [0.25, 0.3) is 0 Å². The van der Waals surface area contributed by atoms with E-state index in [2.05, 4.69) is 114 Å². The Morgan fingerprint density at radius 2 is 0.513 bits per heavy atom. The summed E-state index contributed by atoms with van der Waals surface area (Å²) in [5.41, 5.74) is 8.28. The molecule has 0 radical (unpaired) electrons. The van der Waals surface area contributed by atoms with Crippen LogP contribution < -0.4 is 0 Å². The van der Waals surface area contributed by atoms with E-state index in [1.807, 2.05) is 0 Å². The second-order valence-corrected chi connectivity index (χ2v) is 26.8. The van der Waals surface area contributed by atoms with Gasteiger partial charge in [0.1, 0.15) is 0 Å². The van der Waals surface area contributed by atoms with E-state index < -0.39 is 45.3 Å². The topological polar surface area (TPSA) is 163 Å². The van der Waals surface area contributed by atoms with Crippen LogP contribution in [0.3, 0.4) is 0 Å². The lowest BCUT2D eigenvalue weighted by molar-refractivity contribution is -0.147. The number of nitrogens with one attached hydrogen (secondary N) is 2. The van der Waals surface area contributed by atoms with E-state index >= 15 is 0 Å². The molecule has 3 aromatic heterocycles. The molecule has 0 aromatic carbocycles. The van der Waals surface area contributed by atoms with E-state index in [9.17, 15) is 19.2 Å². The molecule has 4 saturated carbocycles. The molecule has 0 spiro atoms. The molecule has 4 unspecified atom stereocenters. The number of hydrogen-bond donors (Lipinski definition) is 2. The van der Waals surface area contributed by atoms with Crippen molar-refractivity contribution < 1.29 is 38.1 Å². The van der Waals surface area contributed by atoms with Crippen LogP contribution in [0.5, 0.6) is 0 Å². The quantitative estimate of drug-likeness (QED) is 0.113. The molecule has 4 aliphatic heterocycles. The smallest absolute Gasteiger partial charge is 0.310 e. The maximum absolute atomic E-state index is 14.3. The van der Waals surface area contributed by atoms with Crippen LogP contribution >= 0.6 is 0 Å². The highest BCUT2D eigenvalue weighted by atomic mass is 16.5. The molecule has 7 heterocycles. The molecule has 4 fully saturated rings. The molecule has 78 heavy (non-hydrogen) atoms. The maximum atomic E-state index is 14.3. The second-order valence-electron chi connectivity index (χ2n) is 26.8. The van der Waals surface area contributed by atoms with Gasteiger partial charge in [0, 0.05) is 68.0 Å². The number of H-pyrrole nitrogens is 2. The van der Waals surface area contributed by atoms with Gasteiger partial charge in [-0.15, -0.1) is 0 Å². The Morgan fingerprint density at radius 1 is 0.321 bits per heavy atom. The standard InChI is InChI=1S/C66H86N4O8/c1-63(2)51-47-39-27-28-40(67-39)48(52-56(64(52,3)4)60(72)76-36-24-20-16-12-9-11-15-19-23-35-75-59(71)55(51)63)45-33-34-46(70-45)50-42-30-29-41(68-42)49(44-32-31-43(47)69-44)53-57(65(53,5)6)61(73)77-37-25-21-17-13-10-14-18-22-26-38-78-62(74)58-54(50)66(58,7)8/h27-34,51-58,69-70H,9-26,35-38H2,1-8H3/t51?,52?,53?,54?,55-,56-,57-,58-/m0/s1. The fourth-order valence-electron chi connectivity index (χ4n) is 15.0. The maximum Gasteiger partial charge on any atom is 0.310 e. The minimum Gasteiger partial charge on any atom is -0.465 e. The van der Waals surface area contributed by atoms with Crippen LogP contribution in [-0.4, -0.2) is 70.2 Å². The van der Waals surface area contributed by atoms with Crippen molar-refractivity contribution in [1.29, 1.82) is 0 Å². The van der Waals surface area contributed by atoms with Crippen LogP contribution in [0.25, 0.3) is 46.4 Å². The molecule has 8 atom stereocenters. The number of ether oxygens (including phenoxy) is 4. The predicted molar refractivity (Wildman–Crippen MR) is 306 cm³/mol. The van der Waals surface area contributed by atoms with Crippen molar-refractivity contribution in [3.05, 3.63) is 69.3 Å². The number of aromatic amines is 2. The zero-order chi connectivity index (χ0) is 54.7. The average molecular weight is 1060 g/mol. The van der Waals surface area contributed by atoms with E-state index in [4.69, 9.17) is 28.9 Å². The molecule has 11 rings (SSSR count). The minimum atomic E-state index is -0.442. The molecular formula is C66H86N4O8. The van der Waals surface area contributed by atoms with Gasteiger partial charge in [-0.2, -0.15) is 0 Å². The zero-order valence-electron chi connectivity index (χ0n) is 48.0. The van der Waals surface area contributed by atoms with Crippen molar-refractivity contribution in [1.82, 2.24) is 19.9 Å². The van der Waals surface area contributed by atoms with Crippen molar-refractivity contribution in [3.8, 4) is 0 Å². The van der Waals surface area contributed by atoms with Gasteiger partial charge in [-0.05, 0) is 95.9 Å². The summed E-state index contributed by atoms with van der Waals surface area (Å²) >= 11 is 0. The summed E-state index contributed by atoms with van der Waals surface area (Å²) in [4.78, 5) is 76.3. The molecule has 12 nitrogen and oxygen atoms in total. The van der Waals surface area contributed by atoms with Crippen LogP contribution in [-0.2, 0) is 38.1 Å². The minimum absolute atomic E-state index is 0.178. The summed E-state index contributed by atoms with van der Waals surface area (Å²) in [5.74, 6) is -3.19.